The molecule has 1 N–H and O–H groups in total. The highest BCUT2D eigenvalue weighted by Crippen LogP contribution is 2.28. The van der Waals surface area contributed by atoms with E-state index >= 15 is 0 Å². The summed E-state index contributed by atoms with van der Waals surface area (Å²) in [6, 6.07) is 26.3. The van der Waals surface area contributed by atoms with Crippen LogP contribution in [0.25, 0.3) is 33.2 Å². The summed E-state index contributed by atoms with van der Waals surface area (Å²) >= 11 is 0. The average Bonchev–Trinajstić information content (AvgIpc) is 2.96. The van der Waals surface area contributed by atoms with E-state index in [2.05, 4.69) is 28.5 Å². The first-order valence-corrected chi connectivity index (χ1v) is 13.0. The molecule has 1 saturated heterocycles. The Morgan fingerprint density at radius 3 is 2.58 bits per heavy atom. The molecule has 1 aliphatic heterocycles. The molecule has 6 rings (SSSR count). The summed E-state index contributed by atoms with van der Waals surface area (Å²) in [5.74, 6) is 0. The zero-order valence-corrected chi connectivity index (χ0v) is 21.3. The van der Waals surface area contributed by atoms with E-state index in [4.69, 9.17) is 14.7 Å². The molecule has 2 aromatic carbocycles. The number of benzene rings is 2. The monoisotopic (exact) mass is 503 g/mol. The van der Waals surface area contributed by atoms with Gasteiger partial charge in [-0.05, 0) is 55.7 Å². The Morgan fingerprint density at radius 1 is 0.947 bits per heavy atom. The van der Waals surface area contributed by atoms with E-state index in [-0.39, 0.29) is 12.1 Å². The average molecular weight is 504 g/mol. The summed E-state index contributed by atoms with van der Waals surface area (Å²) in [6.07, 6.45) is 3.28. The van der Waals surface area contributed by atoms with Gasteiger partial charge in [-0.1, -0.05) is 48.5 Å². The molecule has 0 atom stereocenters. The number of aromatic nitrogens is 3. The maximum Gasteiger partial charge on any atom is 0.410 e. The molecule has 0 spiro atoms. The van der Waals surface area contributed by atoms with Gasteiger partial charge in [0.2, 0.25) is 0 Å². The van der Waals surface area contributed by atoms with E-state index in [0.717, 1.165) is 63.0 Å². The van der Waals surface area contributed by atoms with Crippen LogP contribution < -0.4 is 5.32 Å². The van der Waals surface area contributed by atoms with Gasteiger partial charge < -0.3 is 15.0 Å². The minimum Gasteiger partial charge on any atom is -0.445 e. The fourth-order valence-electron chi connectivity index (χ4n) is 4.96. The van der Waals surface area contributed by atoms with Gasteiger partial charge in [0, 0.05) is 42.0 Å². The number of carbonyl (C=O) groups excluding carboxylic acids is 1. The Balaban J connectivity index is 1.16. The summed E-state index contributed by atoms with van der Waals surface area (Å²) in [5, 5.41) is 4.78. The number of likely N-dealkylation sites (tertiary alicyclic amines) is 1. The van der Waals surface area contributed by atoms with Crippen LogP contribution in [0.15, 0.2) is 85.1 Å². The molecule has 4 heterocycles. The number of pyridine rings is 3. The smallest absolute Gasteiger partial charge is 0.410 e. The van der Waals surface area contributed by atoms with E-state index in [1.165, 1.54) is 0 Å². The molecule has 7 nitrogen and oxygen atoms in total. The van der Waals surface area contributed by atoms with E-state index < -0.39 is 0 Å². The molecule has 0 unspecified atom stereocenters. The highest BCUT2D eigenvalue weighted by molar-refractivity contribution is 5.90. The molecule has 7 heteroatoms. The number of rotatable bonds is 5. The highest BCUT2D eigenvalue weighted by Gasteiger charge is 2.24. The van der Waals surface area contributed by atoms with Gasteiger partial charge in [-0.25, -0.2) is 9.78 Å². The summed E-state index contributed by atoms with van der Waals surface area (Å²) in [7, 11) is 0. The van der Waals surface area contributed by atoms with Crippen LogP contribution in [0.5, 0.6) is 0 Å². The van der Waals surface area contributed by atoms with Crippen molar-refractivity contribution in [2.45, 2.75) is 32.4 Å². The molecule has 38 heavy (non-hydrogen) atoms. The summed E-state index contributed by atoms with van der Waals surface area (Å²) < 4.78 is 5.52. The molecule has 1 amide bonds. The lowest BCUT2D eigenvalue weighted by molar-refractivity contribution is 0.0882. The van der Waals surface area contributed by atoms with Gasteiger partial charge in [0.15, 0.2) is 0 Å². The van der Waals surface area contributed by atoms with Crippen molar-refractivity contribution in [1.82, 2.24) is 19.9 Å². The van der Waals surface area contributed by atoms with Crippen LogP contribution >= 0.6 is 0 Å². The number of nitrogens with one attached hydrogen (secondary N) is 1. The van der Waals surface area contributed by atoms with Gasteiger partial charge in [-0.15, -0.1) is 0 Å². The molecular formula is C31H29N5O2. The van der Waals surface area contributed by atoms with Crippen LogP contribution in [-0.2, 0) is 11.3 Å². The van der Waals surface area contributed by atoms with Gasteiger partial charge in [0.1, 0.15) is 12.1 Å². The molecule has 0 bridgehead atoms. The van der Waals surface area contributed by atoms with Crippen molar-refractivity contribution < 1.29 is 9.53 Å². The largest absolute Gasteiger partial charge is 0.445 e. The van der Waals surface area contributed by atoms with Crippen molar-refractivity contribution in [2.24, 2.45) is 0 Å². The van der Waals surface area contributed by atoms with E-state index in [1.807, 2.05) is 73.8 Å². The second kappa shape index (κ2) is 10.5. The fraction of sp³-hybridized carbons (Fsp3) is 0.226. The van der Waals surface area contributed by atoms with Crippen molar-refractivity contribution in [3.63, 3.8) is 0 Å². The first-order valence-electron chi connectivity index (χ1n) is 13.0. The van der Waals surface area contributed by atoms with Crippen LogP contribution in [0.1, 0.15) is 24.1 Å². The maximum atomic E-state index is 12.6. The number of nitrogens with zero attached hydrogens (tertiary/aromatic N) is 4. The van der Waals surface area contributed by atoms with Gasteiger partial charge >= 0.3 is 6.09 Å². The maximum absolute atomic E-state index is 12.6. The predicted octanol–water partition coefficient (Wildman–Crippen LogP) is 6.37. The minimum absolute atomic E-state index is 0.228. The van der Waals surface area contributed by atoms with E-state index in [1.54, 1.807) is 4.90 Å². The Labute approximate surface area is 221 Å². The number of aryl methyl sites for hydroxylation is 1. The second-order valence-electron chi connectivity index (χ2n) is 9.74. The molecule has 5 aromatic rings. The van der Waals surface area contributed by atoms with E-state index in [0.29, 0.717) is 19.7 Å². The van der Waals surface area contributed by atoms with Gasteiger partial charge in [-0.3, -0.25) is 9.97 Å². The number of fused-ring (bicyclic) bond motifs is 2. The molecular weight excluding hydrogens is 474 g/mol. The number of hydrogen-bond acceptors (Lipinski definition) is 6. The van der Waals surface area contributed by atoms with Crippen molar-refractivity contribution in [2.75, 3.05) is 18.4 Å². The zero-order chi connectivity index (χ0) is 25.9. The number of carbonyl (C=O) groups is 1. The second-order valence-corrected chi connectivity index (χ2v) is 9.74. The van der Waals surface area contributed by atoms with Crippen molar-refractivity contribution >= 4 is 33.7 Å². The number of hydrogen-bond donors (Lipinski definition) is 1. The topological polar surface area (TPSA) is 80.2 Å². The predicted molar refractivity (Wildman–Crippen MR) is 150 cm³/mol. The van der Waals surface area contributed by atoms with Crippen LogP contribution in [0.3, 0.4) is 0 Å². The fourth-order valence-corrected chi connectivity index (χ4v) is 4.96. The summed E-state index contributed by atoms with van der Waals surface area (Å²) in [6.45, 7) is 3.58. The lowest BCUT2D eigenvalue weighted by Gasteiger charge is -2.32. The van der Waals surface area contributed by atoms with Crippen molar-refractivity contribution in [3.8, 4) is 11.3 Å². The molecule has 1 fully saturated rings. The lowest BCUT2D eigenvalue weighted by Crippen LogP contribution is -2.42. The van der Waals surface area contributed by atoms with Crippen molar-refractivity contribution in [1.29, 1.82) is 0 Å². The number of ether oxygens (including phenoxy) is 1. The summed E-state index contributed by atoms with van der Waals surface area (Å²) in [5.41, 5.74) is 7.38. The molecule has 0 aliphatic carbocycles. The van der Waals surface area contributed by atoms with Crippen LogP contribution in [0.4, 0.5) is 10.5 Å². The third-order valence-corrected chi connectivity index (χ3v) is 6.98. The molecule has 0 radical (unpaired) electrons. The third kappa shape index (κ3) is 5.13. The van der Waals surface area contributed by atoms with Crippen LogP contribution in [0.2, 0.25) is 0 Å². The Hall–Kier alpha value is -4.52. The van der Waals surface area contributed by atoms with Crippen LogP contribution in [-0.4, -0.2) is 45.1 Å². The quantitative estimate of drug-likeness (QED) is 0.300. The Morgan fingerprint density at radius 2 is 1.74 bits per heavy atom. The van der Waals surface area contributed by atoms with Gasteiger partial charge in [0.25, 0.3) is 0 Å². The Kier molecular flexibility index (Phi) is 6.56. The number of anilines is 1. The Bertz CT molecular complexity index is 1600. The van der Waals surface area contributed by atoms with Gasteiger partial charge in [-0.2, -0.15) is 0 Å². The molecule has 3 aromatic heterocycles. The molecule has 0 saturated carbocycles. The standard InChI is InChI=1S/C31H29N5O2/c1-21-17-29(34-25-13-15-36(16-14-25)31(37)38-20-22-7-3-2-4-8-22)30-28(33-21)12-11-27(35-30)24-18-23-9-5-6-10-26(23)32-19-24/h2-12,17-19,25H,13-16,20H2,1H3,(H,33,34). The normalized spacial score (nSPS) is 14.1. The summed E-state index contributed by atoms with van der Waals surface area (Å²) in [4.78, 5) is 28.7. The van der Waals surface area contributed by atoms with Crippen LogP contribution in [0, 0.1) is 6.92 Å². The first-order chi connectivity index (χ1) is 18.6. The third-order valence-electron chi connectivity index (χ3n) is 6.98. The molecule has 190 valence electrons. The molecule has 1 aliphatic rings. The lowest BCUT2D eigenvalue weighted by atomic mass is 10.0. The highest BCUT2D eigenvalue weighted by atomic mass is 16.6. The van der Waals surface area contributed by atoms with Gasteiger partial charge in [0.05, 0.1) is 22.4 Å². The number of piperidine rings is 1. The van der Waals surface area contributed by atoms with Crippen molar-refractivity contribution in [3.05, 3.63) is 96.3 Å². The SMILES string of the molecule is Cc1cc(NC2CCN(C(=O)OCc3ccccc3)CC2)c2nc(-c3cnc4ccccc4c3)ccc2n1. The van der Waals surface area contributed by atoms with E-state index in [9.17, 15) is 4.79 Å². The number of para-hydroxylation sites is 1. The minimum atomic E-state index is -0.257. The number of amides is 1. The first kappa shape index (κ1) is 23.9. The zero-order valence-electron chi connectivity index (χ0n) is 21.3.